The molecule has 1 aliphatic heterocycles. The summed E-state index contributed by atoms with van der Waals surface area (Å²) < 4.78 is 1.55. The third-order valence-corrected chi connectivity index (χ3v) is 4.37. The maximum atomic E-state index is 12.1. The summed E-state index contributed by atoms with van der Waals surface area (Å²) in [5.41, 5.74) is 1.20. The Bertz CT molecular complexity index is 827. The smallest absolute Gasteiger partial charge is 0.407 e. The summed E-state index contributed by atoms with van der Waals surface area (Å²) >= 11 is 0. The van der Waals surface area contributed by atoms with Crippen molar-refractivity contribution in [3.63, 3.8) is 0 Å². The van der Waals surface area contributed by atoms with Crippen LogP contribution >= 0.6 is 0 Å². The van der Waals surface area contributed by atoms with E-state index in [9.17, 15) is 19.5 Å². The topological polar surface area (TPSA) is 119 Å². The fraction of sp³-hybridized carbons (Fsp3) is 0.400. The van der Waals surface area contributed by atoms with Gasteiger partial charge in [0, 0.05) is 26.2 Å². The second kappa shape index (κ2) is 6.26. The molecule has 1 atom stereocenters. The van der Waals surface area contributed by atoms with Gasteiger partial charge in [-0.2, -0.15) is 0 Å². The number of carboxylic acid groups (broad SMARTS) is 2. The van der Waals surface area contributed by atoms with Gasteiger partial charge in [0.05, 0.1) is 17.1 Å². The van der Waals surface area contributed by atoms with Crippen LogP contribution in [0.15, 0.2) is 29.1 Å². The number of rotatable bonds is 3. The molecule has 3 rings (SSSR count). The van der Waals surface area contributed by atoms with Crippen molar-refractivity contribution in [1.82, 2.24) is 19.4 Å². The quantitative estimate of drug-likeness (QED) is 0.775. The van der Waals surface area contributed by atoms with Crippen LogP contribution < -0.4 is 5.69 Å². The van der Waals surface area contributed by atoms with E-state index in [1.807, 2.05) is 18.2 Å². The third-order valence-electron chi connectivity index (χ3n) is 4.37. The van der Waals surface area contributed by atoms with Gasteiger partial charge < -0.3 is 25.0 Å². The molecule has 0 bridgehead atoms. The summed E-state index contributed by atoms with van der Waals surface area (Å²) in [5.74, 6) is 0. The van der Waals surface area contributed by atoms with E-state index in [1.54, 1.807) is 10.6 Å². The maximum absolute atomic E-state index is 12.1. The minimum Gasteiger partial charge on any atom is -0.465 e. The number of hydrogen-bond donors (Lipinski definition) is 3. The molecule has 128 valence electrons. The number of para-hydroxylation sites is 2. The molecule has 2 heterocycles. The van der Waals surface area contributed by atoms with Gasteiger partial charge in [-0.25, -0.2) is 14.4 Å². The molecule has 24 heavy (non-hydrogen) atoms. The number of benzene rings is 1. The molecule has 1 saturated heterocycles. The molecule has 0 saturated carbocycles. The van der Waals surface area contributed by atoms with Gasteiger partial charge in [0.25, 0.3) is 0 Å². The molecule has 1 aliphatic rings. The molecule has 0 radical (unpaired) electrons. The van der Waals surface area contributed by atoms with Gasteiger partial charge >= 0.3 is 17.9 Å². The van der Waals surface area contributed by atoms with Gasteiger partial charge in [0.2, 0.25) is 0 Å². The number of piperazine rings is 1. The zero-order chi connectivity index (χ0) is 17.3. The first-order chi connectivity index (χ1) is 11.5. The molecule has 1 aromatic carbocycles. The van der Waals surface area contributed by atoms with Gasteiger partial charge in [0.15, 0.2) is 0 Å². The summed E-state index contributed by atoms with van der Waals surface area (Å²) in [7, 11) is 0. The van der Waals surface area contributed by atoms with E-state index in [4.69, 9.17) is 5.11 Å². The number of aromatic amines is 1. The molecule has 0 unspecified atom stereocenters. The van der Waals surface area contributed by atoms with Crippen molar-refractivity contribution in [2.24, 2.45) is 0 Å². The van der Waals surface area contributed by atoms with Crippen LogP contribution in [-0.2, 0) is 6.54 Å². The van der Waals surface area contributed by atoms with Crippen molar-refractivity contribution in [3.05, 3.63) is 34.7 Å². The van der Waals surface area contributed by atoms with E-state index in [-0.39, 0.29) is 25.3 Å². The lowest BCUT2D eigenvalue weighted by atomic mass is 10.1. The summed E-state index contributed by atoms with van der Waals surface area (Å²) in [6.07, 6.45) is -1.77. The minimum atomic E-state index is -1.07. The van der Waals surface area contributed by atoms with Crippen LogP contribution in [0.3, 0.4) is 0 Å². The Morgan fingerprint density at radius 1 is 1.17 bits per heavy atom. The first kappa shape index (κ1) is 15.9. The number of nitrogens with one attached hydrogen (secondary N) is 1. The average Bonchev–Trinajstić information content (AvgIpc) is 2.87. The summed E-state index contributed by atoms with van der Waals surface area (Å²) in [5, 5.41) is 18.4. The number of imidazole rings is 1. The Kier molecular flexibility index (Phi) is 4.15. The second-order valence-electron chi connectivity index (χ2n) is 5.75. The van der Waals surface area contributed by atoms with Crippen molar-refractivity contribution < 1.29 is 19.8 Å². The predicted octanol–water partition coefficient (Wildman–Crippen LogP) is 1.06. The Balaban J connectivity index is 1.79. The Labute approximate surface area is 136 Å². The molecule has 2 amide bonds. The number of fused-ring (bicyclic) bond motifs is 1. The average molecular weight is 334 g/mol. The van der Waals surface area contributed by atoms with Crippen LogP contribution in [0.5, 0.6) is 0 Å². The molecule has 1 fully saturated rings. The number of nitrogens with zero attached hydrogens (tertiary/aromatic N) is 3. The van der Waals surface area contributed by atoms with Crippen molar-refractivity contribution in [2.75, 3.05) is 19.6 Å². The predicted molar refractivity (Wildman–Crippen MR) is 85.3 cm³/mol. The lowest BCUT2D eigenvalue weighted by molar-refractivity contribution is 0.0597. The molecule has 0 aliphatic carbocycles. The second-order valence-corrected chi connectivity index (χ2v) is 5.75. The Hall–Kier alpha value is -2.97. The van der Waals surface area contributed by atoms with Crippen molar-refractivity contribution in [3.8, 4) is 0 Å². The molecule has 0 spiro atoms. The SMILES string of the molecule is O=C(O)N1CCN(C(=O)O)[C@H](CCn2c(=O)[nH]c3ccccc32)C1. The molecule has 2 aromatic rings. The first-order valence-corrected chi connectivity index (χ1v) is 7.62. The molecular formula is C15H18N4O5. The van der Waals surface area contributed by atoms with Crippen LogP contribution in [0.4, 0.5) is 9.59 Å². The van der Waals surface area contributed by atoms with Crippen molar-refractivity contribution in [2.45, 2.75) is 19.0 Å². The Morgan fingerprint density at radius 2 is 1.92 bits per heavy atom. The van der Waals surface area contributed by atoms with Crippen molar-refractivity contribution >= 4 is 23.2 Å². The number of amides is 2. The lowest BCUT2D eigenvalue weighted by Gasteiger charge is -2.38. The normalized spacial score (nSPS) is 18.1. The number of aryl methyl sites for hydroxylation is 1. The van der Waals surface area contributed by atoms with Crippen LogP contribution in [0.25, 0.3) is 11.0 Å². The fourth-order valence-electron chi connectivity index (χ4n) is 3.13. The van der Waals surface area contributed by atoms with E-state index in [0.717, 1.165) is 5.52 Å². The zero-order valence-electron chi connectivity index (χ0n) is 12.9. The van der Waals surface area contributed by atoms with E-state index in [2.05, 4.69) is 4.98 Å². The van der Waals surface area contributed by atoms with E-state index < -0.39 is 18.2 Å². The van der Waals surface area contributed by atoms with Crippen molar-refractivity contribution in [1.29, 1.82) is 0 Å². The van der Waals surface area contributed by atoms with Crippen LogP contribution in [0.2, 0.25) is 0 Å². The summed E-state index contributed by atoms with van der Waals surface area (Å²) in [6.45, 7) is 0.712. The van der Waals surface area contributed by atoms with Crippen LogP contribution in [-0.4, -0.2) is 67.4 Å². The highest BCUT2D eigenvalue weighted by molar-refractivity contribution is 5.74. The molecular weight excluding hydrogens is 316 g/mol. The molecule has 9 heteroatoms. The van der Waals surface area contributed by atoms with E-state index in [1.165, 1.54) is 9.80 Å². The van der Waals surface area contributed by atoms with Gasteiger partial charge in [-0.05, 0) is 18.6 Å². The zero-order valence-corrected chi connectivity index (χ0v) is 12.9. The van der Waals surface area contributed by atoms with Gasteiger partial charge in [-0.3, -0.25) is 4.57 Å². The first-order valence-electron chi connectivity index (χ1n) is 7.62. The monoisotopic (exact) mass is 334 g/mol. The highest BCUT2D eigenvalue weighted by Crippen LogP contribution is 2.16. The largest absolute Gasteiger partial charge is 0.465 e. The molecule has 9 nitrogen and oxygen atoms in total. The van der Waals surface area contributed by atoms with Gasteiger partial charge in [0.1, 0.15) is 0 Å². The molecule has 1 aromatic heterocycles. The molecule has 3 N–H and O–H groups in total. The summed E-state index contributed by atoms with van der Waals surface area (Å²) in [4.78, 5) is 39.8. The lowest BCUT2D eigenvalue weighted by Crippen LogP contribution is -2.56. The third kappa shape index (κ3) is 2.92. The van der Waals surface area contributed by atoms with Crippen LogP contribution in [0.1, 0.15) is 6.42 Å². The highest BCUT2D eigenvalue weighted by atomic mass is 16.4. The highest BCUT2D eigenvalue weighted by Gasteiger charge is 2.32. The maximum Gasteiger partial charge on any atom is 0.407 e. The standard InChI is InChI=1S/C15H18N4O5/c20-13-16-11-3-1-2-4-12(11)19(13)6-5-10-9-17(14(21)22)7-8-18(10)15(23)24/h1-4,10H,5-9H2,(H,16,20)(H,21,22)(H,23,24)/t10-/m1/s1. The van der Waals surface area contributed by atoms with Gasteiger partial charge in [-0.15, -0.1) is 0 Å². The fourth-order valence-corrected chi connectivity index (χ4v) is 3.13. The van der Waals surface area contributed by atoms with E-state index >= 15 is 0 Å². The Morgan fingerprint density at radius 3 is 2.62 bits per heavy atom. The number of H-pyrrole nitrogens is 1. The number of hydrogen-bond acceptors (Lipinski definition) is 3. The minimum absolute atomic E-state index is 0.110. The van der Waals surface area contributed by atoms with Crippen LogP contribution in [0, 0.1) is 0 Å². The summed E-state index contributed by atoms with van der Waals surface area (Å²) in [6, 6.07) is 6.77. The van der Waals surface area contributed by atoms with E-state index in [0.29, 0.717) is 18.5 Å². The van der Waals surface area contributed by atoms with Gasteiger partial charge in [-0.1, -0.05) is 12.1 Å². The number of carbonyl (C=O) groups is 2. The number of aromatic nitrogens is 2.